The standard InChI is InChI=1S/C16H24N2O3/c1-16(15(19)20,18-10-3-8-17-9-11-18)12-13-4-6-14(21-2)7-5-13/h4-7,17H,3,8-12H2,1-2H3,(H,19,20). The zero-order valence-corrected chi connectivity index (χ0v) is 12.8. The lowest BCUT2D eigenvalue weighted by atomic mass is 9.90. The fourth-order valence-electron chi connectivity index (χ4n) is 2.80. The molecule has 1 aliphatic heterocycles. The third-order valence-electron chi connectivity index (χ3n) is 4.21. The van der Waals surface area contributed by atoms with Crippen molar-refractivity contribution in [3.05, 3.63) is 29.8 Å². The first-order valence-electron chi connectivity index (χ1n) is 7.38. The van der Waals surface area contributed by atoms with Crippen LogP contribution in [0.3, 0.4) is 0 Å². The minimum Gasteiger partial charge on any atom is -0.497 e. The van der Waals surface area contributed by atoms with Crippen molar-refractivity contribution in [2.24, 2.45) is 0 Å². The summed E-state index contributed by atoms with van der Waals surface area (Å²) in [6.07, 6.45) is 1.47. The lowest BCUT2D eigenvalue weighted by molar-refractivity contribution is -0.150. The number of nitrogens with one attached hydrogen (secondary N) is 1. The maximum atomic E-state index is 11.9. The highest BCUT2D eigenvalue weighted by atomic mass is 16.5. The Balaban J connectivity index is 2.17. The van der Waals surface area contributed by atoms with Crippen molar-refractivity contribution in [3.8, 4) is 5.75 Å². The van der Waals surface area contributed by atoms with E-state index in [9.17, 15) is 9.90 Å². The smallest absolute Gasteiger partial charge is 0.324 e. The summed E-state index contributed by atoms with van der Waals surface area (Å²) in [4.78, 5) is 14.0. The fourth-order valence-corrected chi connectivity index (χ4v) is 2.80. The second kappa shape index (κ2) is 6.91. The Morgan fingerprint density at radius 3 is 2.67 bits per heavy atom. The molecule has 1 aliphatic rings. The van der Waals surface area contributed by atoms with E-state index in [1.165, 1.54) is 0 Å². The molecule has 0 aliphatic carbocycles. The van der Waals surface area contributed by atoms with Crippen LogP contribution in [0.25, 0.3) is 0 Å². The number of benzene rings is 1. The van der Waals surface area contributed by atoms with Gasteiger partial charge >= 0.3 is 5.97 Å². The van der Waals surface area contributed by atoms with E-state index in [4.69, 9.17) is 4.74 Å². The zero-order chi connectivity index (χ0) is 15.3. The monoisotopic (exact) mass is 292 g/mol. The minimum atomic E-state index is -0.874. The van der Waals surface area contributed by atoms with Crippen LogP contribution in [0.15, 0.2) is 24.3 Å². The highest BCUT2D eigenvalue weighted by Gasteiger charge is 2.39. The molecule has 0 radical (unpaired) electrons. The molecule has 5 heteroatoms. The average molecular weight is 292 g/mol. The molecule has 0 bridgehead atoms. The van der Waals surface area contributed by atoms with Gasteiger partial charge in [0.25, 0.3) is 0 Å². The van der Waals surface area contributed by atoms with Gasteiger partial charge < -0.3 is 15.2 Å². The Morgan fingerprint density at radius 1 is 1.33 bits per heavy atom. The molecule has 116 valence electrons. The Hall–Kier alpha value is -1.59. The Kier molecular flexibility index (Phi) is 5.20. The lowest BCUT2D eigenvalue weighted by Crippen LogP contribution is -2.55. The molecular weight excluding hydrogens is 268 g/mol. The van der Waals surface area contributed by atoms with E-state index >= 15 is 0 Å². The Labute approximate surface area is 125 Å². The van der Waals surface area contributed by atoms with Gasteiger partial charge in [-0.2, -0.15) is 0 Å². The van der Waals surface area contributed by atoms with Gasteiger partial charge in [-0.05, 0) is 37.6 Å². The van der Waals surface area contributed by atoms with Gasteiger partial charge in [0.2, 0.25) is 0 Å². The van der Waals surface area contributed by atoms with Crippen molar-refractivity contribution in [1.82, 2.24) is 10.2 Å². The molecule has 2 rings (SSSR count). The first-order chi connectivity index (χ1) is 10.1. The molecule has 5 nitrogen and oxygen atoms in total. The summed E-state index contributed by atoms with van der Waals surface area (Å²) in [5, 5.41) is 13.1. The summed E-state index contributed by atoms with van der Waals surface area (Å²) in [5.74, 6) is 0.0231. The van der Waals surface area contributed by atoms with Gasteiger partial charge in [-0.15, -0.1) is 0 Å². The van der Waals surface area contributed by atoms with Gasteiger partial charge in [0.15, 0.2) is 0 Å². The molecule has 1 aromatic rings. The van der Waals surface area contributed by atoms with Gasteiger partial charge in [0.1, 0.15) is 11.3 Å². The molecule has 0 spiro atoms. The van der Waals surface area contributed by atoms with Crippen LogP contribution in [0.2, 0.25) is 0 Å². The van der Waals surface area contributed by atoms with Crippen molar-refractivity contribution < 1.29 is 14.6 Å². The maximum absolute atomic E-state index is 11.9. The highest BCUT2D eigenvalue weighted by molar-refractivity contribution is 5.78. The molecule has 1 saturated heterocycles. The van der Waals surface area contributed by atoms with Crippen LogP contribution < -0.4 is 10.1 Å². The molecule has 2 N–H and O–H groups in total. The molecule has 0 amide bonds. The van der Waals surface area contributed by atoms with Crippen LogP contribution in [0.4, 0.5) is 0 Å². The van der Waals surface area contributed by atoms with Gasteiger partial charge in [-0.25, -0.2) is 0 Å². The summed E-state index contributed by atoms with van der Waals surface area (Å²) < 4.78 is 5.14. The third kappa shape index (κ3) is 3.74. The fraction of sp³-hybridized carbons (Fsp3) is 0.562. The quantitative estimate of drug-likeness (QED) is 0.858. The average Bonchev–Trinajstić information content (AvgIpc) is 2.77. The number of rotatable bonds is 5. The van der Waals surface area contributed by atoms with Crippen LogP contribution in [0, 0.1) is 0 Å². The number of ether oxygens (including phenoxy) is 1. The van der Waals surface area contributed by atoms with Gasteiger partial charge in [0, 0.05) is 26.1 Å². The number of hydrogen-bond acceptors (Lipinski definition) is 4. The first kappa shape index (κ1) is 15.8. The lowest BCUT2D eigenvalue weighted by Gasteiger charge is -2.37. The minimum absolute atomic E-state index is 0.492. The molecular formula is C16H24N2O3. The molecule has 1 unspecified atom stereocenters. The molecule has 0 saturated carbocycles. The second-order valence-electron chi connectivity index (χ2n) is 5.69. The van der Waals surface area contributed by atoms with Gasteiger partial charge in [-0.3, -0.25) is 9.69 Å². The highest BCUT2D eigenvalue weighted by Crippen LogP contribution is 2.24. The van der Waals surface area contributed by atoms with Crippen LogP contribution >= 0.6 is 0 Å². The Bertz CT molecular complexity index is 467. The van der Waals surface area contributed by atoms with Crippen LogP contribution in [0.1, 0.15) is 18.9 Å². The van der Waals surface area contributed by atoms with Gasteiger partial charge in [-0.1, -0.05) is 12.1 Å². The van der Waals surface area contributed by atoms with Crippen LogP contribution in [-0.4, -0.2) is 54.8 Å². The normalized spacial score (nSPS) is 19.5. The number of carboxylic acid groups (broad SMARTS) is 1. The van der Waals surface area contributed by atoms with Crippen molar-refractivity contribution >= 4 is 5.97 Å². The number of methoxy groups -OCH3 is 1. The molecule has 21 heavy (non-hydrogen) atoms. The number of hydrogen-bond donors (Lipinski definition) is 2. The predicted molar refractivity (Wildman–Crippen MR) is 81.8 cm³/mol. The Morgan fingerprint density at radius 2 is 2.05 bits per heavy atom. The zero-order valence-electron chi connectivity index (χ0n) is 12.8. The summed E-state index contributed by atoms with van der Waals surface area (Å²) in [6.45, 7) is 5.19. The van der Waals surface area contributed by atoms with E-state index in [1.807, 2.05) is 31.2 Å². The summed E-state index contributed by atoms with van der Waals surface area (Å²) in [7, 11) is 1.63. The van der Waals surface area contributed by atoms with E-state index in [1.54, 1.807) is 7.11 Å². The number of carbonyl (C=O) groups is 1. The summed E-state index contributed by atoms with van der Waals surface area (Å²) in [6, 6.07) is 7.63. The van der Waals surface area contributed by atoms with E-state index in [-0.39, 0.29) is 0 Å². The maximum Gasteiger partial charge on any atom is 0.324 e. The number of aliphatic carboxylic acids is 1. The first-order valence-corrected chi connectivity index (χ1v) is 7.38. The van der Waals surface area contributed by atoms with Crippen molar-refractivity contribution in [1.29, 1.82) is 0 Å². The second-order valence-corrected chi connectivity index (χ2v) is 5.69. The largest absolute Gasteiger partial charge is 0.497 e. The topological polar surface area (TPSA) is 61.8 Å². The molecule has 1 aromatic carbocycles. The van der Waals surface area contributed by atoms with Crippen molar-refractivity contribution in [2.75, 3.05) is 33.3 Å². The van der Waals surface area contributed by atoms with E-state index in [0.717, 1.165) is 43.9 Å². The SMILES string of the molecule is COc1ccc(CC(C)(C(=O)O)N2CCCNCC2)cc1. The summed E-state index contributed by atoms with van der Waals surface area (Å²) in [5.41, 5.74) is 0.138. The van der Waals surface area contributed by atoms with Crippen LogP contribution in [0.5, 0.6) is 5.75 Å². The van der Waals surface area contributed by atoms with Crippen LogP contribution in [-0.2, 0) is 11.2 Å². The third-order valence-corrected chi connectivity index (χ3v) is 4.21. The molecule has 1 atom stereocenters. The predicted octanol–water partition coefficient (Wildman–Crippen LogP) is 1.38. The number of nitrogens with zero attached hydrogens (tertiary/aromatic N) is 1. The van der Waals surface area contributed by atoms with E-state index in [0.29, 0.717) is 6.42 Å². The van der Waals surface area contributed by atoms with E-state index in [2.05, 4.69) is 10.2 Å². The molecule has 0 aromatic heterocycles. The molecule has 1 fully saturated rings. The van der Waals surface area contributed by atoms with Crippen molar-refractivity contribution in [2.45, 2.75) is 25.3 Å². The number of carboxylic acids is 1. The van der Waals surface area contributed by atoms with Crippen molar-refractivity contribution in [3.63, 3.8) is 0 Å². The summed E-state index contributed by atoms with van der Waals surface area (Å²) >= 11 is 0. The van der Waals surface area contributed by atoms with E-state index < -0.39 is 11.5 Å². The molecule has 1 heterocycles. The van der Waals surface area contributed by atoms with Gasteiger partial charge in [0.05, 0.1) is 7.11 Å².